The molecule has 0 fully saturated rings. The molecule has 1 heterocycles. The first kappa shape index (κ1) is 15.9. The Kier molecular flexibility index (Phi) is 6.44. The number of aromatic nitrogens is 3. The highest BCUT2D eigenvalue weighted by Crippen LogP contribution is 1.93. The molecule has 0 aliphatic carbocycles. The van der Waals surface area contributed by atoms with Crippen molar-refractivity contribution >= 4 is 12.0 Å². The number of nitrogens with one attached hydrogen (secondary N) is 2. The number of nitrogens with zero attached hydrogens (tertiary/aromatic N) is 3. The van der Waals surface area contributed by atoms with Gasteiger partial charge in [0, 0.05) is 6.61 Å². The Bertz CT molecular complexity index is 448. The number of carboxylic acid groups (broad SMARTS) is 1. The van der Waals surface area contributed by atoms with Gasteiger partial charge in [-0.1, -0.05) is 5.21 Å². The number of hydrogen-bond donors (Lipinski definition) is 3. The molecule has 1 rings (SSSR count). The molecular formula is C11H19N5O4. The summed E-state index contributed by atoms with van der Waals surface area (Å²) in [6, 6.07) is -0.442. The number of ether oxygens (including phenoxy) is 1. The fraction of sp³-hybridized carbons (Fsp3) is 0.636. The number of amides is 2. The minimum absolute atomic E-state index is 0.0994. The van der Waals surface area contributed by atoms with Gasteiger partial charge in [-0.05, 0) is 13.8 Å². The predicted octanol–water partition coefficient (Wildman–Crippen LogP) is -0.413. The molecule has 0 saturated carbocycles. The molecule has 0 saturated heterocycles. The van der Waals surface area contributed by atoms with Crippen LogP contribution >= 0.6 is 0 Å². The van der Waals surface area contributed by atoms with E-state index < -0.39 is 5.97 Å². The van der Waals surface area contributed by atoms with Crippen molar-refractivity contribution in [1.29, 1.82) is 0 Å². The van der Waals surface area contributed by atoms with Crippen molar-refractivity contribution in [1.82, 2.24) is 25.6 Å². The Labute approximate surface area is 116 Å². The van der Waals surface area contributed by atoms with Crippen LogP contribution in [0.4, 0.5) is 4.79 Å². The van der Waals surface area contributed by atoms with E-state index in [4.69, 9.17) is 9.84 Å². The summed E-state index contributed by atoms with van der Waals surface area (Å²) in [5.74, 6) is -1.00. The molecule has 9 heteroatoms. The van der Waals surface area contributed by atoms with E-state index in [1.165, 1.54) is 10.9 Å². The second kappa shape index (κ2) is 8.10. The SMILES string of the molecule is CCOCC(C)NC(=O)NCc1cn(CC(=O)O)nn1. The van der Waals surface area contributed by atoms with Gasteiger partial charge >= 0.3 is 12.0 Å². The summed E-state index contributed by atoms with van der Waals surface area (Å²) in [6.45, 7) is 4.67. The molecule has 0 aliphatic heterocycles. The Morgan fingerprint density at radius 2 is 2.30 bits per heavy atom. The monoisotopic (exact) mass is 285 g/mol. The van der Waals surface area contributed by atoms with Gasteiger partial charge in [-0.15, -0.1) is 5.10 Å². The highest BCUT2D eigenvalue weighted by molar-refractivity contribution is 5.74. The van der Waals surface area contributed by atoms with Gasteiger partial charge in [-0.25, -0.2) is 9.48 Å². The van der Waals surface area contributed by atoms with Crippen molar-refractivity contribution in [3.63, 3.8) is 0 Å². The summed E-state index contributed by atoms with van der Waals surface area (Å²) in [5.41, 5.74) is 0.485. The third-order valence-corrected chi connectivity index (χ3v) is 2.26. The van der Waals surface area contributed by atoms with Crippen molar-refractivity contribution in [2.24, 2.45) is 0 Å². The van der Waals surface area contributed by atoms with Gasteiger partial charge in [-0.3, -0.25) is 4.79 Å². The number of urea groups is 1. The van der Waals surface area contributed by atoms with E-state index in [9.17, 15) is 9.59 Å². The molecule has 0 bridgehead atoms. The summed E-state index contributed by atoms with van der Waals surface area (Å²) >= 11 is 0. The lowest BCUT2D eigenvalue weighted by molar-refractivity contribution is -0.137. The Morgan fingerprint density at radius 3 is 2.95 bits per heavy atom. The molecule has 20 heavy (non-hydrogen) atoms. The van der Waals surface area contributed by atoms with Crippen LogP contribution in [0.3, 0.4) is 0 Å². The normalized spacial score (nSPS) is 11.9. The lowest BCUT2D eigenvalue weighted by Gasteiger charge is -2.13. The molecular weight excluding hydrogens is 266 g/mol. The molecule has 0 radical (unpaired) electrons. The molecule has 112 valence electrons. The van der Waals surface area contributed by atoms with Crippen LogP contribution in [0.2, 0.25) is 0 Å². The molecule has 2 amide bonds. The standard InChI is InChI=1S/C11H19N5O4/c1-3-20-7-8(2)13-11(19)12-4-9-5-16(15-14-9)6-10(17)18/h5,8H,3-4,6-7H2,1-2H3,(H,17,18)(H2,12,13,19). The van der Waals surface area contributed by atoms with Crippen LogP contribution in [0, 0.1) is 0 Å². The van der Waals surface area contributed by atoms with Gasteiger partial charge in [0.05, 0.1) is 25.4 Å². The Hall–Kier alpha value is -2.16. The Morgan fingerprint density at radius 1 is 1.55 bits per heavy atom. The topological polar surface area (TPSA) is 118 Å². The summed E-state index contributed by atoms with van der Waals surface area (Å²) in [4.78, 5) is 22.0. The fourth-order valence-corrected chi connectivity index (χ4v) is 1.42. The number of rotatable bonds is 8. The van der Waals surface area contributed by atoms with Gasteiger partial charge in [-0.2, -0.15) is 0 Å². The van der Waals surface area contributed by atoms with E-state index in [0.29, 0.717) is 18.9 Å². The van der Waals surface area contributed by atoms with Crippen molar-refractivity contribution in [3.05, 3.63) is 11.9 Å². The molecule has 0 aliphatic rings. The molecule has 1 atom stereocenters. The zero-order valence-corrected chi connectivity index (χ0v) is 11.5. The van der Waals surface area contributed by atoms with Gasteiger partial charge in [0.1, 0.15) is 12.2 Å². The minimum atomic E-state index is -1.00. The summed E-state index contributed by atoms with van der Waals surface area (Å²) in [6.07, 6.45) is 1.47. The van der Waals surface area contributed by atoms with Crippen LogP contribution < -0.4 is 10.6 Å². The fourth-order valence-electron chi connectivity index (χ4n) is 1.42. The van der Waals surface area contributed by atoms with Gasteiger partial charge in [0.15, 0.2) is 0 Å². The van der Waals surface area contributed by atoms with E-state index in [2.05, 4.69) is 20.9 Å². The van der Waals surface area contributed by atoms with Crippen molar-refractivity contribution in [3.8, 4) is 0 Å². The van der Waals surface area contributed by atoms with Crippen molar-refractivity contribution in [2.75, 3.05) is 13.2 Å². The number of carbonyl (C=O) groups excluding carboxylic acids is 1. The van der Waals surface area contributed by atoms with Crippen LogP contribution in [-0.4, -0.2) is 51.4 Å². The minimum Gasteiger partial charge on any atom is -0.480 e. The first-order valence-electron chi connectivity index (χ1n) is 6.24. The molecule has 3 N–H and O–H groups in total. The molecule has 0 aromatic carbocycles. The zero-order chi connectivity index (χ0) is 15.0. The number of carboxylic acids is 1. The van der Waals surface area contributed by atoms with Gasteiger partial charge < -0.3 is 20.5 Å². The maximum atomic E-state index is 11.5. The Balaban J connectivity index is 2.30. The maximum Gasteiger partial charge on any atom is 0.325 e. The van der Waals surface area contributed by atoms with Crippen LogP contribution in [0.25, 0.3) is 0 Å². The van der Waals surface area contributed by atoms with Crippen LogP contribution in [-0.2, 0) is 22.6 Å². The smallest absolute Gasteiger partial charge is 0.325 e. The van der Waals surface area contributed by atoms with Crippen molar-refractivity contribution in [2.45, 2.75) is 33.0 Å². The van der Waals surface area contributed by atoms with Gasteiger partial charge in [0.2, 0.25) is 0 Å². The molecule has 0 spiro atoms. The van der Waals surface area contributed by atoms with Crippen LogP contribution in [0.15, 0.2) is 6.20 Å². The number of hydrogen-bond acceptors (Lipinski definition) is 5. The maximum absolute atomic E-state index is 11.5. The largest absolute Gasteiger partial charge is 0.480 e. The molecule has 1 aromatic heterocycles. The third-order valence-electron chi connectivity index (χ3n) is 2.26. The van der Waals surface area contributed by atoms with Crippen LogP contribution in [0.5, 0.6) is 0 Å². The zero-order valence-electron chi connectivity index (χ0n) is 11.5. The quantitative estimate of drug-likeness (QED) is 0.597. The average Bonchev–Trinajstić information content (AvgIpc) is 2.80. The van der Waals surface area contributed by atoms with E-state index in [0.717, 1.165) is 0 Å². The van der Waals surface area contributed by atoms with E-state index in [-0.39, 0.29) is 25.2 Å². The second-order valence-electron chi connectivity index (χ2n) is 4.19. The highest BCUT2D eigenvalue weighted by Gasteiger charge is 2.08. The summed E-state index contributed by atoms with van der Waals surface area (Å²) in [5, 5.41) is 21.3. The molecule has 1 aromatic rings. The first-order chi connectivity index (χ1) is 9.51. The molecule has 9 nitrogen and oxygen atoms in total. The summed E-state index contributed by atoms with van der Waals surface area (Å²) in [7, 11) is 0. The van der Waals surface area contributed by atoms with E-state index in [1.54, 1.807) is 0 Å². The van der Waals surface area contributed by atoms with Crippen molar-refractivity contribution < 1.29 is 19.4 Å². The number of aliphatic carboxylic acids is 1. The third kappa shape index (κ3) is 6.14. The molecule has 1 unspecified atom stereocenters. The number of carbonyl (C=O) groups is 2. The van der Waals surface area contributed by atoms with E-state index >= 15 is 0 Å². The van der Waals surface area contributed by atoms with E-state index in [1.807, 2.05) is 13.8 Å². The van der Waals surface area contributed by atoms with Crippen LogP contribution in [0.1, 0.15) is 19.5 Å². The lowest BCUT2D eigenvalue weighted by atomic mass is 10.4. The second-order valence-corrected chi connectivity index (χ2v) is 4.19. The lowest BCUT2D eigenvalue weighted by Crippen LogP contribution is -2.42. The predicted molar refractivity (Wildman–Crippen MR) is 69.0 cm³/mol. The van der Waals surface area contributed by atoms with Gasteiger partial charge in [0.25, 0.3) is 0 Å². The highest BCUT2D eigenvalue weighted by atomic mass is 16.5. The first-order valence-corrected chi connectivity index (χ1v) is 6.24. The summed E-state index contributed by atoms with van der Waals surface area (Å²) < 4.78 is 6.36. The average molecular weight is 285 g/mol.